The zero-order valence-electron chi connectivity index (χ0n) is 12.8. The lowest BCUT2D eigenvalue weighted by atomic mass is 9.95. The van der Waals surface area contributed by atoms with E-state index in [0.29, 0.717) is 0 Å². The van der Waals surface area contributed by atoms with E-state index in [2.05, 4.69) is 16.4 Å². The maximum Gasteiger partial charge on any atom is 0.254 e. The number of hydrogen-bond acceptors (Lipinski definition) is 3. The first kappa shape index (κ1) is 14.6. The largest absolute Gasteiger partial charge is 0.373 e. The van der Waals surface area contributed by atoms with Gasteiger partial charge in [0.25, 0.3) is 5.91 Å². The normalized spacial score (nSPS) is 18.0. The molecule has 0 aliphatic carbocycles. The van der Waals surface area contributed by atoms with Crippen LogP contribution in [0.25, 0.3) is 0 Å². The molecule has 1 N–H and O–H groups in total. The van der Waals surface area contributed by atoms with E-state index in [1.807, 2.05) is 54.5 Å². The summed E-state index contributed by atoms with van der Waals surface area (Å²) in [4.78, 5) is 19.2. The molecule has 0 radical (unpaired) electrons. The summed E-state index contributed by atoms with van der Waals surface area (Å²) in [6.45, 7) is 0.812. The van der Waals surface area contributed by atoms with Crippen molar-refractivity contribution in [3.05, 3.63) is 59.8 Å². The van der Waals surface area contributed by atoms with Crippen molar-refractivity contribution in [1.82, 2.24) is 9.88 Å². The SMILES string of the molecule is CNc1ccc(C2CCCCN2C(=O)c2ccccc2)cn1. The van der Waals surface area contributed by atoms with Gasteiger partial charge in [0, 0.05) is 25.4 Å². The predicted octanol–water partition coefficient (Wildman–Crippen LogP) is 3.49. The highest BCUT2D eigenvalue weighted by molar-refractivity contribution is 5.94. The maximum absolute atomic E-state index is 12.8. The Hall–Kier alpha value is -2.36. The first-order chi connectivity index (χ1) is 10.8. The van der Waals surface area contributed by atoms with Crippen LogP contribution in [0.4, 0.5) is 5.82 Å². The molecule has 1 amide bonds. The van der Waals surface area contributed by atoms with Crippen molar-refractivity contribution >= 4 is 11.7 Å². The zero-order valence-corrected chi connectivity index (χ0v) is 12.8. The molecule has 0 bridgehead atoms. The number of rotatable bonds is 3. The molecule has 0 spiro atoms. The highest BCUT2D eigenvalue weighted by atomic mass is 16.2. The lowest BCUT2D eigenvalue weighted by Gasteiger charge is -2.36. The van der Waals surface area contributed by atoms with E-state index >= 15 is 0 Å². The molecule has 1 aliphatic rings. The molecular formula is C18H21N3O. The van der Waals surface area contributed by atoms with Gasteiger partial charge < -0.3 is 10.2 Å². The number of nitrogens with zero attached hydrogens (tertiary/aromatic N) is 2. The molecule has 2 heterocycles. The van der Waals surface area contributed by atoms with E-state index in [1.165, 1.54) is 0 Å². The first-order valence-corrected chi connectivity index (χ1v) is 7.79. The quantitative estimate of drug-likeness (QED) is 0.942. The van der Waals surface area contributed by atoms with Crippen molar-refractivity contribution < 1.29 is 4.79 Å². The number of likely N-dealkylation sites (tertiary alicyclic amines) is 1. The van der Waals surface area contributed by atoms with Gasteiger partial charge in [-0.25, -0.2) is 4.98 Å². The number of piperidine rings is 1. The average Bonchev–Trinajstić information content (AvgIpc) is 2.62. The predicted molar refractivity (Wildman–Crippen MR) is 87.9 cm³/mol. The van der Waals surface area contributed by atoms with E-state index in [-0.39, 0.29) is 11.9 Å². The summed E-state index contributed by atoms with van der Waals surface area (Å²) < 4.78 is 0. The number of benzene rings is 1. The average molecular weight is 295 g/mol. The van der Waals surface area contributed by atoms with Crippen LogP contribution in [0, 0.1) is 0 Å². The first-order valence-electron chi connectivity index (χ1n) is 7.79. The molecule has 114 valence electrons. The summed E-state index contributed by atoms with van der Waals surface area (Å²) >= 11 is 0. The minimum absolute atomic E-state index is 0.114. The Kier molecular flexibility index (Phi) is 4.37. The molecule has 1 saturated heterocycles. The molecule has 0 saturated carbocycles. The number of carbonyl (C=O) groups is 1. The second-order valence-corrected chi connectivity index (χ2v) is 5.60. The topological polar surface area (TPSA) is 45.2 Å². The monoisotopic (exact) mass is 295 g/mol. The summed E-state index contributed by atoms with van der Waals surface area (Å²) in [7, 11) is 1.86. The van der Waals surface area contributed by atoms with Gasteiger partial charge in [0.15, 0.2) is 0 Å². The number of hydrogen-bond donors (Lipinski definition) is 1. The number of amides is 1. The third-order valence-corrected chi connectivity index (χ3v) is 4.21. The molecule has 1 aromatic carbocycles. The molecule has 1 atom stereocenters. The molecule has 1 aromatic heterocycles. The van der Waals surface area contributed by atoms with Crippen molar-refractivity contribution in [2.45, 2.75) is 25.3 Å². The van der Waals surface area contributed by atoms with Gasteiger partial charge in [-0.3, -0.25) is 4.79 Å². The highest BCUT2D eigenvalue weighted by Gasteiger charge is 2.28. The highest BCUT2D eigenvalue weighted by Crippen LogP contribution is 2.32. The molecular weight excluding hydrogens is 274 g/mol. The van der Waals surface area contributed by atoms with Crippen molar-refractivity contribution in [1.29, 1.82) is 0 Å². The Morgan fingerprint density at radius 2 is 2.00 bits per heavy atom. The van der Waals surface area contributed by atoms with E-state index in [9.17, 15) is 4.79 Å². The van der Waals surface area contributed by atoms with Gasteiger partial charge in [-0.15, -0.1) is 0 Å². The summed E-state index contributed by atoms with van der Waals surface area (Å²) in [5.41, 5.74) is 1.87. The van der Waals surface area contributed by atoms with Crippen molar-refractivity contribution in [2.24, 2.45) is 0 Å². The summed E-state index contributed by atoms with van der Waals surface area (Å²) in [6.07, 6.45) is 5.10. The van der Waals surface area contributed by atoms with Crippen molar-refractivity contribution in [3.63, 3.8) is 0 Å². The van der Waals surface area contributed by atoms with Crippen LogP contribution in [0.3, 0.4) is 0 Å². The number of anilines is 1. The van der Waals surface area contributed by atoms with E-state index < -0.39 is 0 Å². The lowest BCUT2D eigenvalue weighted by Crippen LogP contribution is -2.38. The number of aromatic nitrogens is 1. The fourth-order valence-electron chi connectivity index (χ4n) is 3.02. The molecule has 4 nitrogen and oxygen atoms in total. The molecule has 1 fully saturated rings. The van der Waals surface area contributed by atoms with Crippen LogP contribution in [-0.2, 0) is 0 Å². The molecule has 3 rings (SSSR count). The molecule has 4 heteroatoms. The van der Waals surface area contributed by atoms with Crippen LogP contribution in [0.2, 0.25) is 0 Å². The summed E-state index contributed by atoms with van der Waals surface area (Å²) in [5, 5.41) is 3.03. The number of carbonyl (C=O) groups excluding carboxylic acids is 1. The number of pyridine rings is 1. The standard InChI is InChI=1S/C18H21N3O/c1-19-17-11-10-15(13-20-17)16-9-5-6-12-21(16)18(22)14-7-3-2-4-8-14/h2-4,7-8,10-11,13,16H,5-6,9,12H2,1H3,(H,19,20). The van der Waals surface area contributed by atoms with Crippen LogP contribution in [-0.4, -0.2) is 29.4 Å². The second kappa shape index (κ2) is 6.60. The lowest BCUT2D eigenvalue weighted by molar-refractivity contribution is 0.0611. The Balaban J connectivity index is 1.86. The van der Waals surface area contributed by atoms with Crippen LogP contribution in [0.1, 0.15) is 41.2 Å². The Morgan fingerprint density at radius 3 is 2.68 bits per heavy atom. The smallest absolute Gasteiger partial charge is 0.254 e. The van der Waals surface area contributed by atoms with Gasteiger partial charge in [0.05, 0.1) is 6.04 Å². The Morgan fingerprint density at radius 1 is 1.18 bits per heavy atom. The minimum atomic E-state index is 0.114. The summed E-state index contributed by atoms with van der Waals surface area (Å²) in [6, 6.07) is 13.7. The molecule has 22 heavy (non-hydrogen) atoms. The minimum Gasteiger partial charge on any atom is -0.373 e. The van der Waals surface area contributed by atoms with E-state index in [4.69, 9.17) is 0 Å². The molecule has 2 aromatic rings. The zero-order chi connectivity index (χ0) is 15.4. The Labute approximate surface area is 131 Å². The molecule has 1 unspecified atom stereocenters. The fourth-order valence-corrected chi connectivity index (χ4v) is 3.02. The maximum atomic E-state index is 12.8. The van der Waals surface area contributed by atoms with Crippen molar-refractivity contribution in [3.8, 4) is 0 Å². The van der Waals surface area contributed by atoms with Gasteiger partial charge in [0.1, 0.15) is 5.82 Å². The van der Waals surface area contributed by atoms with Crippen LogP contribution >= 0.6 is 0 Å². The van der Waals surface area contributed by atoms with Gasteiger partial charge >= 0.3 is 0 Å². The third kappa shape index (κ3) is 2.96. The Bertz CT molecular complexity index is 625. The third-order valence-electron chi connectivity index (χ3n) is 4.21. The van der Waals surface area contributed by atoms with Crippen LogP contribution in [0.5, 0.6) is 0 Å². The van der Waals surface area contributed by atoms with Crippen molar-refractivity contribution in [2.75, 3.05) is 18.9 Å². The van der Waals surface area contributed by atoms with Gasteiger partial charge in [0.2, 0.25) is 0 Å². The summed E-state index contributed by atoms with van der Waals surface area (Å²) in [5.74, 6) is 0.962. The van der Waals surface area contributed by atoms with E-state index in [1.54, 1.807) is 0 Å². The van der Waals surface area contributed by atoms with Crippen LogP contribution in [0.15, 0.2) is 48.7 Å². The van der Waals surface area contributed by atoms with Gasteiger partial charge in [-0.1, -0.05) is 24.3 Å². The van der Waals surface area contributed by atoms with Gasteiger partial charge in [-0.2, -0.15) is 0 Å². The fraction of sp³-hybridized carbons (Fsp3) is 0.333. The van der Waals surface area contributed by atoms with E-state index in [0.717, 1.165) is 42.8 Å². The molecule has 1 aliphatic heterocycles. The van der Waals surface area contributed by atoms with Crippen LogP contribution < -0.4 is 5.32 Å². The number of nitrogens with one attached hydrogen (secondary N) is 1. The second-order valence-electron chi connectivity index (χ2n) is 5.60. The van der Waals surface area contributed by atoms with Gasteiger partial charge in [-0.05, 0) is 43.0 Å².